The van der Waals surface area contributed by atoms with E-state index in [1.165, 1.54) is 19.4 Å². The van der Waals surface area contributed by atoms with E-state index in [0.717, 1.165) is 31.3 Å². The second-order valence-corrected chi connectivity index (χ2v) is 4.87. The third-order valence-electron chi connectivity index (χ3n) is 3.52. The maximum absolute atomic E-state index is 4.56. The first-order valence-electron chi connectivity index (χ1n) is 6.75. The molecular weight excluding hydrogens is 212 g/mol. The minimum absolute atomic E-state index is 0.552. The highest BCUT2D eigenvalue weighted by molar-refractivity contribution is 5.30. The highest BCUT2D eigenvalue weighted by atomic mass is 15.2. The Morgan fingerprint density at radius 1 is 1.41 bits per heavy atom. The predicted octanol–water partition coefficient (Wildman–Crippen LogP) is 2.11. The molecule has 4 heteroatoms. The third-order valence-corrected chi connectivity index (χ3v) is 3.52. The first-order valence-corrected chi connectivity index (χ1v) is 6.75. The Hall–Kier alpha value is -1.03. The molecule has 0 aromatic carbocycles. The van der Waals surface area contributed by atoms with Crippen molar-refractivity contribution in [3.8, 4) is 0 Å². The van der Waals surface area contributed by atoms with Gasteiger partial charge in [-0.25, -0.2) is 4.98 Å². The molecular formula is C13H24N4. The number of aryl methyl sites for hydroxylation is 2. The molecule has 1 aliphatic rings. The predicted molar refractivity (Wildman–Crippen MR) is 71.4 cm³/mol. The summed E-state index contributed by atoms with van der Waals surface area (Å²) in [7, 11) is 0. The van der Waals surface area contributed by atoms with E-state index in [4.69, 9.17) is 0 Å². The number of imidazole rings is 1. The molecule has 1 atom stereocenters. The number of rotatable bonds is 4. The summed E-state index contributed by atoms with van der Waals surface area (Å²) in [5.41, 5.74) is 1.09. The van der Waals surface area contributed by atoms with Crippen LogP contribution in [0.2, 0.25) is 0 Å². The van der Waals surface area contributed by atoms with Gasteiger partial charge in [0, 0.05) is 25.3 Å². The standard InChI is InChI=1S/C13H24N4/c1-4-16-8-6-7-12(10-16)15-13-14-11(3)9-17(13)5-2/h9,12H,4-8,10H2,1-3H3,(H,14,15). The minimum atomic E-state index is 0.552. The number of likely N-dealkylation sites (tertiary alicyclic amines) is 1. The van der Waals surface area contributed by atoms with Crippen molar-refractivity contribution in [2.45, 2.75) is 46.2 Å². The van der Waals surface area contributed by atoms with E-state index in [1.54, 1.807) is 0 Å². The average Bonchev–Trinajstić information content (AvgIpc) is 2.69. The summed E-state index contributed by atoms with van der Waals surface area (Å²) in [4.78, 5) is 7.07. The number of nitrogens with zero attached hydrogens (tertiary/aromatic N) is 3. The Labute approximate surface area is 104 Å². The molecule has 1 aromatic rings. The summed E-state index contributed by atoms with van der Waals surface area (Å²) in [5, 5.41) is 3.60. The average molecular weight is 236 g/mol. The highest BCUT2D eigenvalue weighted by Crippen LogP contribution is 2.16. The van der Waals surface area contributed by atoms with E-state index >= 15 is 0 Å². The van der Waals surface area contributed by atoms with Gasteiger partial charge in [-0.1, -0.05) is 6.92 Å². The summed E-state index contributed by atoms with van der Waals surface area (Å²) in [6, 6.07) is 0.552. The van der Waals surface area contributed by atoms with Gasteiger partial charge in [0.15, 0.2) is 0 Å². The van der Waals surface area contributed by atoms with Crippen molar-refractivity contribution in [1.82, 2.24) is 14.5 Å². The molecule has 0 bridgehead atoms. The smallest absolute Gasteiger partial charge is 0.203 e. The lowest BCUT2D eigenvalue weighted by atomic mass is 10.1. The molecule has 17 heavy (non-hydrogen) atoms. The van der Waals surface area contributed by atoms with Crippen LogP contribution in [0.3, 0.4) is 0 Å². The molecule has 1 aromatic heterocycles. The third kappa shape index (κ3) is 3.00. The fraction of sp³-hybridized carbons (Fsp3) is 0.769. The summed E-state index contributed by atoms with van der Waals surface area (Å²) < 4.78 is 2.19. The van der Waals surface area contributed by atoms with Crippen molar-refractivity contribution in [3.05, 3.63) is 11.9 Å². The zero-order valence-electron chi connectivity index (χ0n) is 11.2. The van der Waals surface area contributed by atoms with E-state index in [1.807, 2.05) is 0 Å². The van der Waals surface area contributed by atoms with Crippen LogP contribution in [0, 0.1) is 6.92 Å². The minimum Gasteiger partial charge on any atom is -0.352 e. The molecule has 0 amide bonds. The molecule has 2 rings (SSSR count). The van der Waals surface area contributed by atoms with Crippen molar-refractivity contribution in [1.29, 1.82) is 0 Å². The number of piperidine rings is 1. The van der Waals surface area contributed by atoms with Crippen molar-refractivity contribution < 1.29 is 0 Å². The maximum Gasteiger partial charge on any atom is 0.203 e. The van der Waals surface area contributed by atoms with Gasteiger partial charge >= 0.3 is 0 Å². The van der Waals surface area contributed by atoms with Crippen molar-refractivity contribution in [3.63, 3.8) is 0 Å². The summed E-state index contributed by atoms with van der Waals surface area (Å²) >= 11 is 0. The number of anilines is 1. The fourth-order valence-electron chi connectivity index (χ4n) is 2.55. The quantitative estimate of drug-likeness (QED) is 0.869. The second-order valence-electron chi connectivity index (χ2n) is 4.87. The number of hydrogen-bond donors (Lipinski definition) is 1. The van der Waals surface area contributed by atoms with Gasteiger partial charge in [-0.05, 0) is 39.8 Å². The summed E-state index contributed by atoms with van der Waals surface area (Å²) in [6.07, 6.45) is 4.66. The first kappa shape index (κ1) is 12.4. The van der Waals surface area contributed by atoms with E-state index in [0.29, 0.717) is 6.04 Å². The Bertz CT molecular complexity index is 358. The molecule has 1 N–H and O–H groups in total. The molecule has 0 radical (unpaired) electrons. The van der Waals surface area contributed by atoms with Crippen LogP contribution >= 0.6 is 0 Å². The molecule has 1 aliphatic heterocycles. The normalized spacial score (nSPS) is 21.7. The van der Waals surface area contributed by atoms with Crippen molar-refractivity contribution in [2.24, 2.45) is 0 Å². The molecule has 0 saturated carbocycles. The molecule has 1 fully saturated rings. The van der Waals surface area contributed by atoms with E-state index in [-0.39, 0.29) is 0 Å². The topological polar surface area (TPSA) is 33.1 Å². The highest BCUT2D eigenvalue weighted by Gasteiger charge is 2.19. The number of aromatic nitrogens is 2. The monoisotopic (exact) mass is 236 g/mol. The first-order chi connectivity index (χ1) is 8.22. The number of nitrogens with one attached hydrogen (secondary N) is 1. The van der Waals surface area contributed by atoms with Crippen LogP contribution in [-0.4, -0.2) is 40.1 Å². The van der Waals surface area contributed by atoms with E-state index < -0.39 is 0 Å². The van der Waals surface area contributed by atoms with Crippen LogP contribution in [0.25, 0.3) is 0 Å². The lowest BCUT2D eigenvalue weighted by Crippen LogP contribution is -2.42. The lowest BCUT2D eigenvalue weighted by Gasteiger charge is -2.32. The van der Waals surface area contributed by atoms with Gasteiger partial charge in [0.05, 0.1) is 5.69 Å². The zero-order chi connectivity index (χ0) is 12.3. The van der Waals surface area contributed by atoms with Gasteiger partial charge in [0.25, 0.3) is 0 Å². The van der Waals surface area contributed by atoms with Crippen LogP contribution < -0.4 is 5.32 Å². The summed E-state index contributed by atoms with van der Waals surface area (Å²) in [5.74, 6) is 1.04. The van der Waals surface area contributed by atoms with Crippen LogP contribution in [0.5, 0.6) is 0 Å². The largest absolute Gasteiger partial charge is 0.352 e. The van der Waals surface area contributed by atoms with Gasteiger partial charge in [-0.15, -0.1) is 0 Å². The summed E-state index contributed by atoms with van der Waals surface area (Å²) in [6.45, 7) is 11.0. The van der Waals surface area contributed by atoms with Gasteiger partial charge < -0.3 is 14.8 Å². The number of likely N-dealkylation sites (N-methyl/N-ethyl adjacent to an activating group) is 1. The Kier molecular flexibility index (Phi) is 4.05. The Balaban J connectivity index is 1.99. The van der Waals surface area contributed by atoms with Gasteiger partial charge in [0.1, 0.15) is 0 Å². The fourth-order valence-corrected chi connectivity index (χ4v) is 2.55. The van der Waals surface area contributed by atoms with Crippen LogP contribution in [0.4, 0.5) is 5.95 Å². The molecule has 0 spiro atoms. The van der Waals surface area contributed by atoms with Gasteiger partial charge in [0.2, 0.25) is 5.95 Å². The second kappa shape index (κ2) is 5.54. The van der Waals surface area contributed by atoms with Crippen LogP contribution in [0.1, 0.15) is 32.4 Å². The number of hydrogen-bond acceptors (Lipinski definition) is 3. The maximum atomic E-state index is 4.56. The van der Waals surface area contributed by atoms with E-state index in [2.05, 4.69) is 46.7 Å². The molecule has 2 heterocycles. The molecule has 1 unspecified atom stereocenters. The zero-order valence-corrected chi connectivity index (χ0v) is 11.2. The van der Waals surface area contributed by atoms with Gasteiger partial charge in [-0.2, -0.15) is 0 Å². The van der Waals surface area contributed by atoms with Crippen LogP contribution in [0.15, 0.2) is 6.20 Å². The molecule has 96 valence electrons. The molecule has 1 saturated heterocycles. The Morgan fingerprint density at radius 3 is 2.94 bits per heavy atom. The molecule has 0 aliphatic carbocycles. The van der Waals surface area contributed by atoms with Crippen molar-refractivity contribution in [2.75, 3.05) is 25.0 Å². The Morgan fingerprint density at radius 2 is 2.24 bits per heavy atom. The lowest BCUT2D eigenvalue weighted by molar-refractivity contribution is 0.226. The SMILES string of the molecule is CCN1CCCC(Nc2nc(C)cn2CC)C1. The van der Waals surface area contributed by atoms with Crippen molar-refractivity contribution >= 4 is 5.95 Å². The van der Waals surface area contributed by atoms with E-state index in [9.17, 15) is 0 Å². The van der Waals surface area contributed by atoms with Crippen LogP contribution in [-0.2, 0) is 6.54 Å². The molecule has 4 nitrogen and oxygen atoms in total. The van der Waals surface area contributed by atoms with Gasteiger partial charge in [-0.3, -0.25) is 0 Å².